The molecule has 1 fully saturated rings. The molecule has 2 aromatic rings. The third kappa shape index (κ3) is 3.16. The minimum absolute atomic E-state index is 0.155. The largest absolute Gasteiger partial charge is 0.416 e. The second-order valence-electron chi connectivity index (χ2n) is 5.01. The molecular weight excluding hydrogens is 331 g/mol. The van der Waals surface area contributed by atoms with E-state index in [0.29, 0.717) is 23.8 Å². The summed E-state index contributed by atoms with van der Waals surface area (Å²) in [5.74, 6) is -0.155. The zero-order valence-corrected chi connectivity index (χ0v) is 12.8. The first kappa shape index (κ1) is 15.8. The zero-order chi connectivity index (χ0) is 16.6. The molecule has 1 amide bonds. The highest BCUT2D eigenvalue weighted by Crippen LogP contribution is 2.34. The van der Waals surface area contributed by atoms with Crippen LogP contribution in [0.1, 0.15) is 12.0 Å². The highest BCUT2D eigenvalue weighted by Gasteiger charge is 2.35. The summed E-state index contributed by atoms with van der Waals surface area (Å²) in [5.41, 5.74) is -0.272. The number of alkyl halides is 3. The monoisotopic (exact) mass is 343 g/mol. The zero-order valence-electron chi connectivity index (χ0n) is 12.0. The van der Waals surface area contributed by atoms with Crippen LogP contribution in [-0.2, 0) is 18.0 Å². The summed E-state index contributed by atoms with van der Waals surface area (Å²) in [6, 6.07) is 4.60. The number of amides is 1. The highest BCUT2D eigenvalue weighted by molar-refractivity contribution is 8.00. The number of carbonyl (C=O) groups excluding carboxylic acids is 1. The van der Waals surface area contributed by atoms with Crippen LogP contribution in [0, 0.1) is 0 Å². The van der Waals surface area contributed by atoms with Crippen molar-refractivity contribution < 1.29 is 18.0 Å². The number of aryl methyl sites for hydroxylation is 1. The minimum Gasteiger partial charge on any atom is -0.311 e. The summed E-state index contributed by atoms with van der Waals surface area (Å²) in [7, 11) is 1.68. The summed E-state index contributed by atoms with van der Waals surface area (Å²) in [4.78, 5) is 13.9. The van der Waals surface area contributed by atoms with Gasteiger partial charge in [0.25, 0.3) is 0 Å². The van der Waals surface area contributed by atoms with Crippen molar-refractivity contribution in [2.45, 2.75) is 23.0 Å². The molecule has 0 N–H and O–H groups in total. The van der Waals surface area contributed by atoms with Crippen LogP contribution < -0.4 is 4.90 Å². The van der Waals surface area contributed by atoms with E-state index in [-0.39, 0.29) is 11.2 Å². The van der Waals surface area contributed by atoms with Gasteiger partial charge in [0.05, 0.1) is 10.8 Å². The molecule has 1 aliphatic rings. The van der Waals surface area contributed by atoms with Gasteiger partial charge >= 0.3 is 6.18 Å². The van der Waals surface area contributed by atoms with Crippen LogP contribution in [0.15, 0.2) is 29.4 Å². The van der Waals surface area contributed by atoms with Crippen LogP contribution >= 0.6 is 11.8 Å². The predicted octanol–water partition coefficient (Wildman–Crippen LogP) is 2.13. The standard InChI is InChI=1S/C13H12F3N5OS/c1-20-12(17-18-19-20)23-10-6-7-21(11(10)22)9-4-2-8(3-5-9)13(14,15)16/h2-5,10H,6-7H2,1H3/t10-/m0/s1. The lowest BCUT2D eigenvalue weighted by molar-refractivity contribution is -0.137. The lowest BCUT2D eigenvalue weighted by Crippen LogP contribution is -2.28. The molecule has 0 unspecified atom stereocenters. The molecule has 1 saturated heterocycles. The Morgan fingerprint density at radius 1 is 1.26 bits per heavy atom. The Kier molecular flexibility index (Phi) is 4.00. The fraction of sp³-hybridized carbons (Fsp3) is 0.385. The topological polar surface area (TPSA) is 63.9 Å². The maximum atomic E-state index is 12.6. The summed E-state index contributed by atoms with van der Waals surface area (Å²) in [6.45, 7) is 0.452. The van der Waals surface area contributed by atoms with E-state index >= 15 is 0 Å². The number of hydrogen-bond acceptors (Lipinski definition) is 5. The van der Waals surface area contributed by atoms with Crippen molar-refractivity contribution in [3.8, 4) is 0 Å². The SMILES string of the molecule is Cn1nnnc1S[C@H]1CCN(c2ccc(C(F)(F)F)cc2)C1=O. The van der Waals surface area contributed by atoms with Crippen LogP contribution in [0.3, 0.4) is 0 Å². The van der Waals surface area contributed by atoms with E-state index in [9.17, 15) is 18.0 Å². The molecule has 10 heteroatoms. The van der Waals surface area contributed by atoms with Crippen molar-refractivity contribution >= 4 is 23.4 Å². The van der Waals surface area contributed by atoms with E-state index < -0.39 is 11.7 Å². The Morgan fingerprint density at radius 2 is 1.96 bits per heavy atom. The molecule has 122 valence electrons. The Hall–Kier alpha value is -2.10. The van der Waals surface area contributed by atoms with E-state index in [2.05, 4.69) is 15.5 Å². The van der Waals surface area contributed by atoms with Gasteiger partial charge in [-0.25, -0.2) is 4.68 Å². The molecule has 1 aliphatic heterocycles. The second-order valence-corrected chi connectivity index (χ2v) is 6.18. The molecular formula is C13H12F3N5OS. The fourth-order valence-electron chi connectivity index (χ4n) is 2.30. The molecule has 1 aromatic heterocycles. The molecule has 0 saturated carbocycles. The lowest BCUT2D eigenvalue weighted by atomic mass is 10.2. The Labute approximate surface area is 133 Å². The van der Waals surface area contributed by atoms with Crippen molar-refractivity contribution in [1.29, 1.82) is 0 Å². The average Bonchev–Trinajstić information content (AvgIpc) is 3.06. The van der Waals surface area contributed by atoms with Gasteiger partial charge in [0.2, 0.25) is 11.1 Å². The van der Waals surface area contributed by atoms with Crippen LogP contribution in [0.2, 0.25) is 0 Å². The van der Waals surface area contributed by atoms with Crippen molar-refractivity contribution in [3.05, 3.63) is 29.8 Å². The maximum Gasteiger partial charge on any atom is 0.416 e. The van der Waals surface area contributed by atoms with E-state index in [1.807, 2.05) is 0 Å². The van der Waals surface area contributed by atoms with Gasteiger partial charge in [-0.3, -0.25) is 4.79 Å². The van der Waals surface area contributed by atoms with Gasteiger partial charge < -0.3 is 4.90 Å². The molecule has 6 nitrogen and oxygen atoms in total. The first-order chi connectivity index (χ1) is 10.9. The van der Waals surface area contributed by atoms with Gasteiger partial charge in [0, 0.05) is 19.3 Å². The third-order valence-electron chi connectivity index (χ3n) is 3.49. The summed E-state index contributed by atoms with van der Waals surface area (Å²) >= 11 is 1.25. The van der Waals surface area contributed by atoms with Crippen molar-refractivity contribution in [3.63, 3.8) is 0 Å². The van der Waals surface area contributed by atoms with E-state index in [4.69, 9.17) is 0 Å². The van der Waals surface area contributed by atoms with Gasteiger partial charge in [-0.2, -0.15) is 13.2 Å². The normalized spacial score (nSPS) is 18.7. The highest BCUT2D eigenvalue weighted by atomic mass is 32.2. The second kappa shape index (κ2) is 5.84. The number of benzene rings is 1. The van der Waals surface area contributed by atoms with Crippen molar-refractivity contribution in [2.75, 3.05) is 11.4 Å². The van der Waals surface area contributed by atoms with Crippen LogP contribution in [0.25, 0.3) is 0 Å². The number of halogens is 3. The van der Waals surface area contributed by atoms with Gasteiger partial charge in [-0.1, -0.05) is 11.8 Å². The Balaban J connectivity index is 1.73. The smallest absolute Gasteiger partial charge is 0.311 e. The van der Waals surface area contributed by atoms with Crippen molar-refractivity contribution in [2.24, 2.45) is 7.05 Å². The summed E-state index contributed by atoms with van der Waals surface area (Å²) in [5, 5.41) is 11.2. The summed E-state index contributed by atoms with van der Waals surface area (Å²) in [6.07, 6.45) is -3.80. The minimum atomic E-state index is -4.38. The van der Waals surface area contributed by atoms with Crippen LogP contribution in [-0.4, -0.2) is 37.9 Å². The summed E-state index contributed by atoms with van der Waals surface area (Å²) < 4.78 is 39.2. The molecule has 23 heavy (non-hydrogen) atoms. The molecule has 3 rings (SSSR count). The number of aromatic nitrogens is 4. The molecule has 1 aromatic carbocycles. The fourth-order valence-corrected chi connectivity index (χ4v) is 3.28. The Bertz CT molecular complexity index is 715. The molecule has 0 radical (unpaired) electrons. The van der Waals surface area contributed by atoms with Gasteiger partial charge in [0.15, 0.2) is 0 Å². The Morgan fingerprint density at radius 3 is 2.52 bits per heavy atom. The molecule has 0 aliphatic carbocycles. The van der Waals surface area contributed by atoms with E-state index in [1.165, 1.54) is 33.5 Å². The van der Waals surface area contributed by atoms with Gasteiger partial charge in [0.1, 0.15) is 0 Å². The number of thioether (sulfide) groups is 1. The van der Waals surface area contributed by atoms with Crippen molar-refractivity contribution in [1.82, 2.24) is 20.2 Å². The predicted molar refractivity (Wildman–Crippen MR) is 76.9 cm³/mol. The molecule has 0 bridgehead atoms. The first-order valence-corrected chi connectivity index (χ1v) is 7.62. The number of hydrogen-bond donors (Lipinski definition) is 0. The van der Waals surface area contributed by atoms with Gasteiger partial charge in [-0.15, -0.1) is 5.10 Å². The van der Waals surface area contributed by atoms with E-state index in [1.54, 1.807) is 7.05 Å². The average molecular weight is 343 g/mol. The maximum absolute atomic E-state index is 12.6. The number of tetrazole rings is 1. The van der Waals surface area contributed by atoms with Gasteiger partial charge in [-0.05, 0) is 41.1 Å². The third-order valence-corrected chi connectivity index (χ3v) is 4.77. The number of anilines is 1. The van der Waals surface area contributed by atoms with Crippen LogP contribution in [0.5, 0.6) is 0 Å². The number of rotatable bonds is 3. The van der Waals surface area contributed by atoms with Crippen LogP contribution in [0.4, 0.5) is 18.9 Å². The molecule has 0 spiro atoms. The van der Waals surface area contributed by atoms with E-state index in [0.717, 1.165) is 12.1 Å². The first-order valence-electron chi connectivity index (χ1n) is 6.74. The quantitative estimate of drug-likeness (QED) is 0.854. The molecule has 2 heterocycles. The lowest BCUT2D eigenvalue weighted by Gasteiger charge is -2.17. The number of nitrogens with zero attached hydrogens (tertiary/aromatic N) is 5. The molecule has 1 atom stereocenters. The number of carbonyl (C=O) groups is 1.